The first-order chi connectivity index (χ1) is 10.1. The summed E-state index contributed by atoms with van der Waals surface area (Å²) < 4.78 is 0. The van der Waals surface area contributed by atoms with E-state index in [-0.39, 0.29) is 0 Å². The highest BCUT2D eigenvalue weighted by molar-refractivity contribution is 5.25. The quantitative estimate of drug-likeness (QED) is 0.894. The normalized spacial score (nSPS) is 27.2. The number of hydrogen-bond donors (Lipinski definition) is 1. The second-order valence-corrected chi connectivity index (χ2v) is 7.33. The number of rotatable bonds is 5. The van der Waals surface area contributed by atoms with Gasteiger partial charge in [0.2, 0.25) is 0 Å². The summed E-state index contributed by atoms with van der Waals surface area (Å²) in [5.41, 5.74) is 2.95. The highest BCUT2D eigenvalue weighted by atomic mass is 15.2. The fourth-order valence-electron chi connectivity index (χ4n) is 3.74. The Morgan fingerprint density at radius 1 is 1.24 bits per heavy atom. The lowest BCUT2D eigenvalue weighted by Crippen LogP contribution is -2.59. The second kappa shape index (κ2) is 6.50. The van der Waals surface area contributed by atoms with Crippen LogP contribution >= 0.6 is 0 Å². The lowest BCUT2D eigenvalue weighted by atomic mass is 9.96. The Morgan fingerprint density at radius 3 is 2.67 bits per heavy atom. The van der Waals surface area contributed by atoms with Crippen LogP contribution in [0, 0.1) is 18.8 Å². The summed E-state index contributed by atoms with van der Waals surface area (Å²) in [6, 6.07) is 10.3. The van der Waals surface area contributed by atoms with E-state index in [1.54, 1.807) is 0 Å². The van der Waals surface area contributed by atoms with Crippen molar-refractivity contribution in [1.82, 2.24) is 10.2 Å². The molecule has 1 heterocycles. The van der Waals surface area contributed by atoms with Gasteiger partial charge in [-0.3, -0.25) is 4.90 Å². The zero-order chi connectivity index (χ0) is 14.8. The van der Waals surface area contributed by atoms with Crippen molar-refractivity contribution in [2.24, 2.45) is 11.8 Å². The van der Waals surface area contributed by atoms with Crippen LogP contribution in [0.3, 0.4) is 0 Å². The Kier molecular flexibility index (Phi) is 4.66. The van der Waals surface area contributed by atoms with E-state index in [9.17, 15) is 0 Å². The molecular weight excluding hydrogens is 256 g/mol. The standard InChI is InChI=1S/C19H30N2/c1-14(2)19-12-20-18(17-8-9-17)13-21(19)11-10-16-7-5-4-6-15(16)3/h4-7,14,17-20H,8-13H2,1-3H3. The van der Waals surface area contributed by atoms with Crippen LogP contribution < -0.4 is 5.32 Å². The van der Waals surface area contributed by atoms with E-state index in [0.29, 0.717) is 6.04 Å². The van der Waals surface area contributed by atoms with Crippen LogP contribution in [0.15, 0.2) is 24.3 Å². The summed E-state index contributed by atoms with van der Waals surface area (Å²) >= 11 is 0. The van der Waals surface area contributed by atoms with Gasteiger partial charge in [-0.15, -0.1) is 0 Å². The molecule has 0 aromatic heterocycles. The van der Waals surface area contributed by atoms with Gasteiger partial charge in [0.05, 0.1) is 0 Å². The fourth-order valence-corrected chi connectivity index (χ4v) is 3.74. The zero-order valence-electron chi connectivity index (χ0n) is 13.8. The summed E-state index contributed by atoms with van der Waals surface area (Å²) in [5, 5.41) is 3.81. The Labute approximate surface area is 129 Å². The summed E-state index contributed by atoms with van der Waals surface area (Å²) in [7, 11) is 0. The summed E-state index contributed by atoms with van der Waals surface area (Å²) in [6.07, 6.45) is 4.07. The van der Waals surface area contributed by atoms with Crippen LogP contribution in [0.4, 0.5) is 0 Å². The molecule has 1 aliphatic heterocycles. The molecule has 1 saturated heterocycles. The first-order valence-corrected chi connectivity index (χ1v) is 8.67. The SMILES string of the molecule is Cc1ccccc1CCN1CC(C2CC2)NCC1C(C)C. The van der Waals surface area contributed by atoms with E-state index in [1.165, 1.54) is 50.0 Å². The van der Waals surface area contributed by atoms with E-state index < -0.39 is 0 Å². The van der Waals surface area contributed by atoms with Crippen LogP contribution in [0.2, 0.25) is 0 Å². The molecule has 0 spiro atoms. The third-order valence-electron chi connectivity index (χ3n) is 5.38. The molecule has 0 amide bonds. The molecule has 1 N–H and O–H groups in total. The summed E-state index contributed by atoms with van der Waals surface area (Å²) in [5.74, 6) is 1.69. The molecule has 2 heteroatoms. The average molecular weight is 286 g/mol. The van der Waals surface area contributed by atoms with Gasteiger partial charge in [-0.05, 0) is 49.1 Å². The predicted molar refractivity (Wildman–Crippen MR) is 89.6 cm³/mol. The monoisotopic (exact) mass is 286 g/mol. The van der Waals surface area contributed by atoms with E-state index >= 15 is 0 Å². The molecule has 116 valence electrons. The van der Waals surface area contributed by atoms with Crippen molar-refractivity contribution in [3.8, 4) is 0 Å². The van der Waals surface area contributed by atoms with Gasteiger partial charge in [-0.2, -0.15) is 0 Å². The van der Waals surface area contributed by atoms with E-state index in [4.69, 9.17) is 0 Å². The van der Waals surface area contributed by atoms with Crippen molar-refractivity contribution in [2.45, 2.75) is 52.1 Å². The number of nitrogens with zero attached hydrogens (tertiary/aromatic N) is 1. The highest BCUT2D eigenvalue weighted by Gasteiger charge is 2.37. The minimum absolute atomic E-state index is 0.698. The smallest absolute Gasteiger partial charge is 0.0244 e. The van der Waals surface area contributed by atoms with Gasteiger partial charge >= 0.3 is 0 Å². The number of hydrogen-bond acceptors (Lipinski definition) is 2. The fraction of sp³-hybridized carbons (Fsp3) is 0.684. The number of piperazine rings is 1. The van der Waals surface area contributed by atoms with Crippen molar-refractivity contribution < 1.29 is 0 Å². The van der Waals surface area contributed by atoms with Crippen LogP contribution in [-0.2, 0) is 6.42 Å². The van der Waals surface area contributed by atoms with Crippen molar-refractivity contribution in [1.29, 1.82) is 0 Å². The zero-order valence-corrected chi connectivity index (χ0v) is 13.8. The molecule has 1 aliphatic carbocycles. The molecule has 2 unspecified atom stereocenters. The maximum absolute atomic E-state index is 3.81. The molecule has 0 bridgehead atoms. The molecule has 2 aliphatic rings. The largest absolute Gasteiger partial charge is 0.311 e. The van der Waals surface area contributed by atoms with Crippen LogP contribution in [0.5, 0.6) is 0 Å². The average Bonchev–Trinajstić information content (AvgIpc) is 3.30. The van der Waals surface area contributed by atoms with Gasteiger partial charge in [-0.1, -0.05) is 38.1 Å². The van der Waals surface area contributed by atoms with Crippen LogP contribution in [0.1, 0.15) is 37.8 Å². The third kappa shape index (κ3) is 3.67. The Morgan fingerprint density at radius 2 is 2.00 bits per heavy atom. The van der Waals surface area contributed by atoms with Gasteiger partial charge in [-0.25, -0.2) is 0 Å². The van der Waals surface area contributed by atoms with Crippen molar-refractivity contribution in [2.75, 3.05) is 19.6 Å². The molecule has 2 atom stereocenters. The summed E-state index contributed by atoms with van der Waals surface area (Å²) in [4.78, 5) is 2.76. The topological polar surface area (TPSA) is 15.3 Å². The number of benzene rings is 1. The Bertz CT molecular complexity index is 464. The van der Waals surface area contributed by atoms with E-state index in [1.807, 2.05) is 0 Å². The maximum Gasteiger partial charge on any atom is 0.0244 e. The molecule has 1 aromatic carbocycles. The van der Waals surface area contributed by atoms with Crippen molar-refractivity contribution in [3.05, 3.63) is 35.4 Å². The molecule has 2 nitrogen and oxygen atoms in total. The molecule has 21 heavy (non-hydrogen) atoms. The molecule has 1 saturated carbocycles. The first-order valence-electron chi connectivity index (χ1n) is 8.67. The van der Waals surface area contributed by atoms with Gasteiger partial charge in [0.1, 0.15) is 0 Å². The number of aryl methyl sites for hydroxylation is 1. The van der Waals surface area contributed by atoms with Gasteiger partial charge in [0.15, 0.2) is 0 Å². The minimum Gasteiger partial charge on any atom is -0.311 e. The van der Waals surface area contributed by atoms with Crippen molar-refractivity contribution in [3.63, 3.8) is 0 Å². The molecule has 1 aromatic rings. The lowest BCUT2D eigenvalue weighted by Gasteiger charge is -2.42. The molecule has 0 radical (unpaired) electrons. The van der Waals surface area contributed by atoms with Gasteiger partial charge < -0.3 is 5.32 Å². The predicted octanol–water partition coefficient (Wildman–Crippen LogP) is 3.25. The van der Waals surface area contributed by atoms with Crippen molar-refractivity contribution >= 4 is 0 Å². The van der Waals surface area contributed by atoms with Gasteiger partial charge in [0, 0.05) is 31.7 Å². The second-order valence-electron chi connectivity index (χ2n) is 7.33. The Hall–Kier alpha value is -0.860. The van der Waals surface area contributed by atoms with Crippen LogP contribution in [0.25, 0.3) is 0 Å². The molecule has 2 fully saturated rings. The number of nitrogens with one attached hydrogen (secondary N) is 1. The molecule has 3 rings (SSSR count). The minimum atomic E-state index is 0.698. The Balaban J connectivity index is 1.63. The first kappa shape index (κ1) is 15.1. The maximum atomic E-state index is 3.81. The van der Waals surface area contributed by atoms with E-state index in [0.717, 1.165) is 17.9 Å². The lowest BCUT2D eigenvalue weighted by molar-refractivity contribution is 0.0935. The van der Waals surface area contributed by atoms with Gasteiger partial charge in [0.25, 0.3) is 0 Å². The highest BCUT2D eigenvalue weighted by Crippen LogP contribution is 2.34. The molecular formula is C19H30N2. The summed E-state index contributed by atoms with van der Waals surface area (Å²) in [6.45, 7) is 10.6. The van der Waals surface area contributed by atoms with Crippen LogP contribution in [-0.4, -0.2) is 36.6 Å². The van der Waals surface area contributed by atoms with E-state index in [2.05, 4.69) is 55.3 Å². The third-order valence-corrected chi connectivity index (χ3v) is 5.38.